The summed E-state index contributed by atoms with van der Waals surface area (Å²) in [5.41, 5.74) is -0.746. The van der Waals surface area contributed by atoms with Crippen LogP contribution < -0.4 is 4.72 Å². The van der Waals surface area contributed by atoms with E-state index in [1.54, 1.807) is 6.92 Å². The van der Waals surface area contributed by atoms with E-state index in [4.69, 9.17) is 5.11 Å². The van der Waals surface area contributed by atoms with Gasteiger partial charge in [0.15, 0.2) is 5.75 Å². The SMILES string of the molecule is CCC(CC(=O)O)NS(=O)(=O)c1ccc(O)c([N+](=O)[O-])c1. The van der Waals surface area contributed by atoms with Gasteiger partial charge in [-0.15, -0.1) is 0 Å². The number of rotatable bonds is 7. The van der Waals surface area contributed by atoms with Crippen LogP contribution >= 0.6 is 0 Å². The van der Waals surface area contributed by atoms with Gasteiger partial charge in [-0.2, -0.15) is 0 Å². The van der Waals surface area contributed by atoms with Crippen LogP contribution in [-0.2, 0) is 14.8 Å². The zero-order chi connectivity index (χ0) is 16.2. The van der Waals surface area contributed by atoms with Gasteiger partial charge in [0.1, 0.15) is 0 Å². The fraction of sp³-hybridized carbons (Fsp3) is 0.364. The lowest BCUT2D eigenvalue weighted by Crippen LogP contribution is -2.36. The Kier molecular flexibility index (Phi) is 5.22. The summed E-state index contributed by atoms with van der Waals surface area (Å²) in [7, 11) is -4.12. The van der Waals surface area contributed by atoms with Gasteiger partial charge in [-0.05, 0) is 18.6 Å². The van der Waals surface area contributed by atoms with Crippen LogP contribution in [0.25, 0.3) is 0 Å². The average Bonchev–Trinajstić information content (AvgIpc) is 2.36. The largest absolute Gasteiger partial charge is 0.502 e. The third-order valence-corrected chi connectivity index (χ3v) is 4.21. The topological polar surface area (TPSA) is 147 Å². The van der Waals surface area contributed by atoms with Crippen molar-refractivity contribution in [1.29, 1.82) is 0 Å². The first-order chi connectivity index (χ1) is 9.67. The van der Waals surface area contributed by atoms with Gasteiger partial charge >= 0.3 is 11.7 Å². The fourth-order valence-corrected chi connectivity index (χ4v) is 2.92. The normalized spacial score (nSPS) is 12.8. The second kappa shape index (κ2) is 6.50. The van der Waals surface area contributed by atoms with Crippen molar-refractivity contribution in [3.63, 3.8) is 0 Å². The predicted molar refractivity (Wildman–Crippen MR) is 71.4 cm³/mol. The lowest BCUT2D eigenvalue weighted by Gasteiger charge is -2.15. The molecule has 1 aromatic rings. The summed E-state index contributed by atoms with van der Waals surface area (Å²) in [4.78, 5) is 20.0. The minimum absolute atomic E-state index is 0.242. The zero-order valence-electron chi connectivity index (χ0n) is 11.0. The molecule has 9 nitrogen and oxygen atoms in total. The van der Waals surface area contributed by atoms with E-state index >= 15 is 0 Å². The van der Waals surface area contributed by atoms with Crippen LogP contribution in [-0.4, -0.2) is 35.6 Å². The molecule has 0 spiro atoms. The number of hydrogen-bond acceptors (Lipinski definition) is 6. The van der Waals surface area contributed by atoms with Crippen molar-refractivity contribution >= 4 is 21.7 Å². The molecule has 10 heteroatoms. The number of nitrogens with zero attached hydrogens (tertiary/aromatic N) is 1. The maximum absolute atomic E-state index is 12.1. The molecule has 1 atom stereocenters. The standard InChI is InChI=1S/C11H14N2O7S/c1-2-7(5-11(15)16)12-21(19,20)8-3-4-10(14)9(6-8)13(17)18/h3-4,6-7,12,14H,2,5H2,1H3,(H,15,16). The second-order valence-electron chi connectivity index (χ2n) is 4.23. The van der Waals surface area contributed by atoms with E-state index in [1.165, 1.54) is 0 Å². The third kappa shape index (κ3) is 4.39. The molecule has 0 aliphatic heterocycles. The Balaban J connectivity index is 3.10. The Hall–Kier alpha value is -2.20. The highest BCUT2D eigenvalue weighted by Gasteiger charge is 2.24. The molecule has 0 aliphatic rings. The number of hydrogen-bond donors (Lipinski definition) is 3. The van der Waals surface area contributed by atoms with Crippen molar-refractivity contribution in [2.75, 3.05) is 0 Å². The molecule has 0 aromatic heterocycles. The maximum atomic E-state index is 12.1. The summed E-state index contributed by atoms with van der Waals surface area (Å²) in [6, 6.07) is 1.77. The maximum Gasteiger partial charge on any atom is 0.312 e. The van der Waals surface area contributed by atoms with Crippen LogP contribution in [0, 0.1) is 10.1 Å². The van der Waals surface area contributed by atoms with E-state index in [-0.39, 0.29) is 6.42 Å². The van der Waals surface area contributed by atoms with Crippen LogP contribution in [0.5, 0.6) is 5.75 Å². The summed E-state index contributed by atoms with van der Waals surface area (Å²) in [6.45, 7) is 1.61. The molecule has 0 bridgehead atoms. The first-order valence-electron chi connectivity index (χ1n) is 5.89. The number of aromatic hydroxyl groups is 1. The quantitative estimate of drug-likeness (QED) is 0.498. The van der Waals surface area contributed by atoms with Gasteiger partial charge in [0.25, 0.3) is 0 Å². The Bertz CT molecular complexity index is 657. The molecule has 0 aliphatic carbocycles. The van der Waals surface area contributed by atoms with Crippen LogP contribution in [0.2, 0.25) is 0 Å². The van der Waals surface area contributed by atoms with Gasteiger partial charge in [-0.25, -0.2) is 13.1 Å². The van der Waals surface area contributed by atoms with Gasteiger partial charge in [0.2, 0.25) is 10.0 Å². The number of benzene rings is 1. The second-order valence-corrected chi connectivity index (χ2v) is 5.95. The van der Waals surface area contributed by atoms with E-state index in [9.17, 15) is 28.4 Å². The molecule has 21 heavy (non-hydrogen) atoms. The summed E-state index contributed by atoms with van der Waals surface area (Å²) in [5, 5.41) is 28.6. The van der Waals surface area contributed by atoms with Crippen molar-refractivity contribution in [3.8, 4) is 5.75 Å². The Labute approximate surface area is 120 Å². The number of carboxylic acid groups (broad SMARTS) is 1. The molecule has 3 N–H and O–H groups in total. The monoisotopic (exact) mass is 318 g/mol. The molecular weight excluding hydrogens is 304 g/mol. The average molecular weight is 318 g/mol. The van der Waals surface area contributed by atoms with Crippen molar-refractivity contribution in [1.82, 2.24) is 4.72 Å². The highest BCUT2D eigenvalue weighted by Crippen LogP contribution is 2.28. The first-order valence-corrected chi connectivity index (χ1v) is 7.37. The minimum atomic E-state index is -4.12. The fourth-order valence-electron chi connectivity index (χ4n) is 1.58. The van der Waals surface area contributed by atoms with E-state index < -0.39 is 49.7 Å². The molecule has 0 fully saturated rings. The molecule has 116 valence electrons. The number of nitro groups is 1. The number of sulfonamides is 1. The Morgan fingerprint density at radius 1 is 1.48 bits per heavy atom. The minimum Gasteiger partial charge on any atom is -0.502 e. The van der Waals surface area contributed by atoms with Crippen LogP contribution in [0.3, 0.4) is 0 Å². The van der Waals surface area contributed by atoms with Crippen molar-refractivity contribution in [2.45, 2.75) is 30.7 Å². The number of carbonyl (C=O) groups is 1. The van der Waals surface area contributed by atoms with E-state index in [1.807, 2.05) is 0 Å². The molecule has 0 saturated heterocycles. The molecular formula is C11H14N2O7S. The number of aliphatic carboxylic acids is 1. The lowest BCUT2D eigenvalue weighted by molar-refractivity contribution is -0.386. The summed E-state index contributed by atoms with van der Waals surface area (Å²) < 4.78 is 26.3. The number of phenolic OH excluding ortho intramolecular Hbond substituents is 1. The molecule has 1 unspecified atom stereocenters. The molecule has 1 aromatic carbocycles. The van der Waals surface area contributed by atoms with Gasteiger partial charge in [-0.1, -0.05) is 6.92 Å². The number of phenols is 1. The Morgan fingerprint density at radius 2 is 2.10 bits per heavy atom. The van der Waals surface area contributed by atoms with Crippen molar-refractivity contribution in [3.05, 3.63) is 28.3 Å². The number of nitrogens with one attached hydrogen (secondary N) is 1. The molecule has 1 rings (SSSR count). The summed E-state index contributed by atoms with van der Waals surface area (Å²) >= 11 is 0. The van der Waals surface area contributed by atoms with E-state index in [0.717, 1.165) is 12.1 Å². The molecule has 0 amide bonds. The number of nitro benzene ring substituents is 1. The number of carboxylic acids is 1. The van der Waals surface area contributed by atoms with Gasteiger partial charge in [0, 0.05) is 12.1 Å². The highest BCUT2D eigenvalue weighted by atomic mass is 32.2. The van der Waals surface area contributed by atoms with Crippen LogP contribution in [0.15, 0.2) is 23.1 Å². The Morgan fingerprint density at radius 3 is 2.57 bits per heavy atom. The smallest absolute Gasteiger partial charge is 0.312 e. The summed E-state index contributed by atoms with van der Waals surface area (Å²) in [5.74, 6) is -1.82. The lowest BCUT2D eigenvalue weighted by atomic mass is 10.2. The van der Waals surface area contributed by atoms with Crippen molar-refractivity contribution < 1.29 is 28.3 Å². The van der Waals surface area contributed by atoms with Gasteiger partial charge < -0.3 is 10.2 Å². The molecule has 0 radical (unpaired) electrons. The van der Waals surface area contributed by atoms with E-state index in [2.05, 4.69) is 4.72 Å². The molecule has 0 heterocycles. The van der Waals surface area contributed by atoms with Gasteiger partial charge in [-0.3, -0.25) is 14.9 Å². The first kappa shape index (κ1) is 16.9. The predicted octanol–water partition coefficient (Wildman–Crippen LogP) is 0.832. The zero-order valence-corrected chi connectivity index (χ0v) is 11.8. The van der Waals surface area contributed by atoms with Gasteiger partial charge in [0.05, 0.1) is 16.2 Å². The van der Waals surface area contributed by atoms with Crippen molar-refractivity contribution in [2.24, 2.45) is 0 Å². The highest BCUT2D eigenvalue weighted by molar-refractivity contribution is 7.89. The third-order valence-electron chi connectivity index (χ3n) is 2.69. The van der Waals surface area contributed by atoms with Crippen LogP contribution in [0.4, 0.5) is 5.69 Å². The van der Waals surface area contributed by atoms with Crippen LogP contribution in [0.1, 0.15) is 19.8 Å². The summed E-state index contributed by atoms with van der Waals surface area (Å²) in [6.07, 6.45) is -0.165. The van der Waals surface area contributed by atoms with E-state index in [0.29, 0.717) is 6.07 Å². The molecule has 0 saturated carbocycles.